The second-order valence-electron chi connectivity index (χ2n) is 7.13. The predicted octanol–water partition coefficient (Wildman–Crippen LogP) is 4.70. The van der Waals surface area contributed by atoms with Gasteiger partial charge in [0.1, 0.15) is 0 Å². The molecule has 0 spiro atoms. The molecule has 2 amide bonds. The van der Waals surface area contributed by atoms with E-state index in [2.05, 4.69) is 11.0 Å². The van der Waals surface area contributed by atoms with E-state index in [0.717, 1.165) is 24.0 Å². The molecule has 8 heteroatoms. The number of hydrogen-bond donors (Lipinski definition) is 0. The van der Waals surface area contributed by atoms with E-state index in [9.17, 15) is 9.59 Å². The van der Waals surface area contributed by atoms with Gasteiger partial charge in [0.15, 0.2) is 0 Å². The zero-order valence-electron chi connectivity index (χ0n) is 16.6. The highest BCUT2D eigenvalue weighted by Gasteiger charge is 2.26. The number of thiophene rings is 2. The molecule has 1 aliphatic rings. The summed E-state index contributed by atoms with van der Waals surface area (Å²) in [7, 11) is 1.72. The van der Waals surface area contributed by atoms with Crippen molar-refractivity contribution in [3.8, 4) is 0 Å². The highest BCUT2D eigenvalue weighted by Crippen LogP contribution is 2.26. The van der Waals surface area contributed by atoms with Crippen LogP contribution in [-0.2, 0) is 6.54 Å². The molecule has 0 bridgehead atoms. The van der Waals surface area contributed by atoms with E-state index in [4.69, 9.17) is 11.6 Å². The van der Waals surface area contributed by atoms with Crippen LogP contribution in [0.4, 0.5) is 5.69 Å². The normalized spacial score (nSPS) is 14.7. The van der Waals surface area contributed by atoms with Crippen LogP contribution < -0.4 is 4.90 Å². The zero-order chi connectivity index (χ0) is 21.1. The van der Waals surface area contributed by atoms with Crippen LogP contribution in [0.1, 0.15) is 24.9 Å². The number of benzene rings is 1. The summed E-state index contributed by atoms with van der Waals surface area (Å²) in [5.74, 6) is -0.139. The van der Waals surface area contributed by atoms with Gasteiger partial charge in [-0.3, -0.25) is 14.5 Å². The minimum Gasteiger partial charge on any atom is -0.336 e. The summed E-state index contributed by atoms with van der Waals surface area (Å²) in [4.78, 5) is 33.7. The van der Waals surface area contributed by atoms with E-state index in [0.29, 0.717) is 29.2 Å². The molecule has 156 valence electrons. The number of halogens is 1. The summed E-state index contributed by atoms with van der Waals surface area (Å²) in [6.45, 7) is 3.80. The maximum Gasteiger partial charge on any atom is 0.268 e. The first kappa shape index (κ1) is 21.1. The van der Waals surface area contributed by atoms with Gasteiger partial charge >= 0.3 is 0 Å². The van der Waals surface area contributed by atoms with Crippen molar-refractivity contribution in [2.75, 3.05) is 38.1 Å². The maximum atomic E-state index is 13.3. The minimum absolute atomic E-state index is 0.0322. The SMILES string of the molecule is CN(C(=O)c1cccs1)c1ccccc1C(=O)N1CCN(Cc2ccc(Cl)s2)CC1. The Morgan fingerprint density at radius 1 is 1.03 bits per heavy atom. The van der Waals surface area contributed by atoms with Gasteiger partial charge in [0.2, 0.25) is 0 Å². The molecule has 1 aromatic carbocycles. The fraction of sp³-hybridized carbons (Fsp3) is 0.273. The standard InChI is InChI=1S/C22H22ClN3O2S2/c1-24(22(28)19-7-4-14-29-19)18-6-3-2-5-17(18)21(27)26-12-10-25(11-13-26)15-16-8-9-20(23)30-16/h2-9,14H,10-13,15H2,1H3. The Labute approximate surface area is 189 Å². The van der Waals surface area contributed by atoms with E-state index in [1.54, 1.807) is 35.4 Å². The fourth-order valence-corrected chi connectivity index (χ4v) is 5.39. The molecule has 3 heterocycles. The lowest BCUT2D eigenvalue weighted by atomic mass is 10.1. The Bertz CT molecular complexity index is 1030. The first-order valence-electron chi connectivity index (χ1n) is 9.69. The molecule has 0 atom stereocenters. The molecule has 1 fully saturated rings. The molecule has 0 aliphatic carbocycles. The van der Waals surface area contributed by atoms with Crippen LogP contribution in [0.3, 0.4) is 0 Å². The van der Waals surface area contributed by atoms with Gasteiger partial charge in [0, 0.05) is 44.6 Å². The van der Waals surface area contributed by atoms with Crippen molar-refractivity contribution in [3.05, 3.63) is 73.6 Å². The van der Waals surface area contributed by atoms with Gasteiger partial charge in [-0.1, -0.05) is 29.8 Å². The maximum absolute atomic E-state index is 13.3. The lowest BCUT2D eigenvalue weighted by molar-refractivity contribution is 0.0630. The van der Waals surface area contributed by atoms with Crippen molar-refractivity contribution in [1.82, 2.24) is 9.80 Å². The van der Waals surface area contributed by atoms with Crippen LogP contribution >= 0.6 is 34.3 Å². The Kier molecular flexibility index (Phi) is 6.53. The lowest BCUT2D eigenvalue weighted by Gasteiger charge is -2.35. The minimum atomic E-state index is -0.107. The van der Waals surface area contributed by atoms with E-state index in [-0.39, 0.29) is 11.8 Å². The third-order valence-electron chi connectivity index (χ3n) is 5.20. The molecule has 2 aromatic heterocycles. The summed E-state index contributed by atoms with van der Waals surface area (Å²) < 4.78 is 0.802. The molecule has 4 rings (SSSR count). The average Bonchev–Trinajstić information content (AvgIpc) is 3.45. The molecule has 5 nitrogen and oxygen atoms in total. The first-order chi connectivity index (χ1) is 14.5. The third kappa shape index (κ3) is 4.59. The molecular formula is C22H22ClN3O2S2. The number of nitrogens with zero attached hydrogens (tertiary/aromatic N) is 3. The van der Waals surface area contributed by atoms with Crippen LogP contribution in [0.2, 0.25) is 4.34 Å². The highest BCUT2D eigenvalue weighted by atomic mass is 35.5. The average molecular weight is 460 g/mol. The lowest BCUT2D eigenvalue weighted by Crippen LogP contribution is -2.48. The fourth-order valence-electron chi connectivity index (χ4n) is 3.56. The largest absolute Gasteiger partial charge is 0.336 e. The number of carbonyl (C=O) groups excluding carboxylic acids is 2. The summed E-state index contributed by atoms with van der Waals surface area (Å²) in [6.07, 6.45) is 0. The van der Waals surface area contributed by atoms with E-state index in [1.807, 2.05) is 40.6 Å². The van der Waals surface area contributed by atoms with Crippen LogP contribution in [0.15, 0.2) is 53.9 Å². The van der Waals surface area contributed by atoms with Gasteiger partial charge in [-0.2, -0.15) is 0 Å². The number of carbonyl (C=O) groups is 2. The van der Waals surface area contributed by atoms with Crippen molar-refractivity contribution in [2.45, 2.75) is 6.54 Å². The van der Waals surface area contributed by atoms with Crippen LogP contribution in [0.25, 0.3) is 0 Å². The van der Waals surface area contributed by atoms with E-state index < -0.39 is 0 Å². The summed E-state index contributed by atoms with van der Waals surface area (Å²) in [6, 6.07) is 15.0. The number of amides is 2. The summed E-state index contributed by atoms with van der Waals surface area (Å²) >= 11 is 9.02. The van der Waals surface area contributed by atoms with Crippen LogP contribution in [-0.4, -0.2) is 54.8 Å². The molecule has 0 saturated carbocycles. The van der Waals surface area contributed by atoms with Gasteiger partial charge in [-0.05, 0) is 35.7 Å². The molecule has 1 aliphatic heterocycles. The number of hydrogen-bond acceptors (Lipinski definition) is 5. The second-order valence-corrected chi connectivity index (χ2v) is 9.88. The Hall–Kier alpha value is -2.19. The number of anilines is 1. The number of para-hydroxylation sites is 1. The highest BCUT2D eigenvalue weighted by molar-refractivity contribution is 7.16. The number of rotatable bonds is 5. The quantitative estimate of drug-likeness (QED) is 0.555. The van der Waals surface area contributed by atoms with E-state index >= 15 is 0 Å². The van der Waals surface area contributed by atoms with Gasteiger partial charge in [-0.15, -0.1) is 22.7 Å². The molecule has 30 heavy (non-hydrogen) atoms. The van der Waals surface area contributed by atoms with E-state index in [1.165, 1.54) is 16.2 Å². The van der Waals surface area contributed by atoms with Crippen molar-refractivity contribution in [2.24, 2.45) is 0 Å². The third-order valence-corrected chi connectivity index (χ3v) is 7.27. The van der Waals surface area contributed by atoms with Gasteiger partial charge in [-0.25, -0.2) is 0 Å². The first-order valence-corrected chi connectivity index (χ1v) is 11.8. The molecule has 3 aromatic rings. The van der Waals surface area contributed by atoms with Crippen LogP contribution in [0.5, 0.6) is 0 Å². The summed E-state index contributed by atoms with van der Waals surface area (Å²) in [5.41, 5.74) is 1.19. The topological polar surface area (TPSA) is 43.9 Å². The van der Waals surface area contributed by atoms with Crippen molar-refractivity contribution >= 4 is 51.8 Å². The monoisotopic (exact) mass is 459 g/mol. The Morgan fingerprint density at radius 2 is 1.80 bits per heavy atom. The number of piperazine rings is 1. The molecule has 1 saturated heterocycles. The molecule has 0 unspecified atom stereocenters. The molecule has 0 N–H and O–H groups in total. The van der Waals surface area contributed by atoms with Crippen molar-refractivity contribution < 1.29 is 9.59 Å². The van der Waals surface area contributed by atoms with Crippen molar-refractivity contribution in [1.29, 1.82) is 0 Å². The Balaban J connectivity index is 1.43. The van der Waals surface area contributed by atoms with Gasteiger partial charge < -0.3 is 9.80 Å². The Morgan fingerprint density at radius 3 is 2.47 bits per heavy atom. The molecular weight excluding hydrogens is 438 g/mol. The predicted molar refractivity (Wildman–Crippen MR) is 124 cm³/mol. The summed E-state index contributed by atoms with van der Waals surface area (Å²) in [5, 5.41) is 1.88. The van der Waals surface area contributed by atoms with Gasteiger partial charge in [0.05, 0.1) is 20.5 Å². The smallest absolute Gasteiger partial charge is 0.268 e. The van der Waals surface area contributed by atoms with Gasteiger partial charge in [0.25, 0.3) is 11.8 Å². The molecule has 0 radical (unpaired) electrons. The second kappa shape index (κ2) is 9.31. The zero-order valence-corrected chi connectivity index (χ0v) is 19.0. The van der Waals surface area contributed by atoms with Crippen LogP contribution in [0, 0.1) is 0 Å². The van der Waals surface area contributed by atoms with Crippen molar-refractivity contribution in [3.63, 3.8) is 0 Å².